The Balaban J connectivity index is 1.73. The molecule has 2 amide bonds. The fraction of sp³-hybridized carbons (Fsp3) is 0.136. The van der Waals surface area contributed by atoms with Crippen molar-refractivity contribution in [2.75, 3.05) is 23.1 Å². The number of rotatable bonds is 6. The highest BCUT2D eigenvalue weighted by atomic mass is 16.5. The number of nitrogens with one attached hydrogen (secondary N) is 3. The fourth-order valence-corrected chi connectivity index (χ4v) is 2.75. The van der Waals surface area contributed by atoms with E-state index in [0.29, 0.717) is 28.4 Å². The minimum absolute atomic E-state index is 0.151. The summed E-state index contributed by atoms with van der Waals surface area (Å²) in [6.45, 7) is 3.43. The molecule has 0 saturated carbocycles. The van der Waals surface area contributed by atoms with Gasteiger partial charge in [-0.2, -0.15) is 0 Å². The fourth-order valence-electron chi connectivity index (χ4n) is 2.75. The molecule has 0 fully saturated rings. The number of hydrogen-bond donors (Lipinski definition) is 3. The number of carbonyl (C=O) groups is 2. The Morgan fingerprint density at radius 3 is 2.24 bits per heavy atom. The Morgan fingerprint density at radius 2 is 1.59 bits per heavy atom. The van der Waals surface area contributed by atoms with Crippen LogP contribution in [0.15, 0.2) is 60.9 Å². The van der Waals surface area contributed by atoms with Crippen molar-refractivity contribution in [2.45, 2.75) is 13.8 Å². The highest BCUT2D eigenvalue weighted by Crippen LogP contribution is 2.28. The van der Waals surface area contributed by atoms with E-state index in [1.807, 2.05) is 25.1 Å². The van der Waals surface area contributed by atoms with Crippen molar-refractivity contribution < 1.29 is 14.3 Å². The topological polar surface area (TPSA) is 92.3 Å². The van der Waals surface area contributed by atoms with Crippen LogP contribution >= 0.6 is 0 Å². The van der Waals surface area contributed by atoms with Crippen LogP contribution in [0.1, 0.15) is 22.8 Å². The minimum Gasteiger partial charge on any atom is -0.495 e. The maximum absolute atomic E-state index is 12.6. The normalized spacial score (nSPS) is 10.2. The quantitative estimate of drug-likeness (QED) is 0.582. The van der Waals surface area contributed by atoms with Gasteiger partial charge in [0, 0.05) is 24.5 Å². The van der Waals surface area contributed by atoms with Crippen molar-refractivity contribution in [1.82, 2.24) is 4.98 Å². The first kappa shape index (κ1) is 19.9. The minimum atomic E-state index is -0.287. The molecule has 148 valence electrons. The van der Waals surface area contributed by atoms with Crippen LogP contribution in [0.25, 0.3) is 0 Å². The number of nitrogens with zero attached hydrogens (tertiary/aromatic N) is 1. The van der Waals surface area contributed by atoms with Gasteiger partial charge in [-0.1, -0.05) is 6.07 Å². The van der Waals surface area contributed by atoms with Crippen LogP contribution in [0.4, 0.5) is 22.7 Å². The van der Waals surface area contributed by atoms with Crippen molar-refractivity contribution in [3.63, 3.8) is 0 Å². The van der Waals surface area contributed by atoms with Crippen LogP contribution in [0.2, 0.25) is 0 Å². The van der Waals surface area contributed by atoms with Crippen LogP contribution in [-0.2, 0) is 4.79 Å². The summed E-state index contributed by atoms with van der Waals surface area (Å²) in [5, 5.41) is 8.74. The average molecular weight is 390 g/mol. The number of aromatic nitrogens is 1. The molecule has 0 bridgehead atoms. The zero-order chi connectivity index (χ0) is 20.8. The van der Waals surface area contributed by atoms with Crippen molar-refractivity contribution >= 4 is 34.6 Å². The van der Waals surface area contributed by atoms with Gasteiger partial charge in [-0.25, -0.2) is 0 Å². The van der Waals surface area contributed by atoms with Gasteiger partial charge < -0.3 is 20.7 Å². The summed E-state index contributed by atoms with van der Waals surface area (Å²) < 4.78 is 5.37. The molecular formula is C22H22N4O3. The largest absolute Gasteiger partial charge is 0.495 e. The lowest BCUT2D eigenvalue weighted by Crippen LogP contribution is -2.13. The van der Waals surface area contributed by atoms with Gasteiger partial charge in [-0.3, -0.25) is 14.6 Å². The monoisotopic (exact) mass is 390 g/mol. The molecule has 1 heterocycles. The summed E-state index contributed by atoms with van der Waals surface area (Å²) in [6, 6.07) is 14.4. The van der Waals surface area contributed by atoms with Crippen molar-refractivity contribution in [3.05, 3.63) is 72.1 Å². The molecule has 0 spiro atoms. The highest BCUT2D eigenvalue weighted by Gasteiger charge is 2.10. The second kappa shape index (κ2) is 8.88. The molecule has 0 radical (unpaired) electrons. The molecule has 29 heavy (non-hydrogen) atoms. The van der Waals surface area contributed by atoms with E-state index in [1.165, 1.54) is 13.1 Å². The zero-order valence-electron chi connectivity index (χ0n) is 16.4. The maximum atomic E-state index is 12.6. The van der Waals surface area contributed by atoms with Crippen LogP contribution in [0.5, 0.6) is 5.75 Å². The Kier molecular flexibility index (Phi) is 6.09. The van der Waals surface area contributed by atoms with Crippen LogP contribution in [0, 0.1) is 6.92 Å². The molecule has 0 unspecified atom stereocenters. The first-order chi connectivity index (χ1) is 13.9. The summed E-state index contributed by atoms with van der Waals surface area (Å²) in [4.78, 5) is 27.8. The van der Waals surface area contributed by atoms with Gasteiger partial charge in [-0.15, -0.1) is 0 Å². The lowest BCUT2D eigenvalue weighted by molar-refractivity contribution is -0.114. The number of carbonyl (C=O) groups excluding carboxylic acids is 2. The molecule has 7 heteroatoms. The smallest absolute Gasteiger partial charge is 0.257 e. The Labute approximate surface area is 169 Å². The van der Waals surface area contributed by atoms with Gasteiger partial charge >= 0.3 is 0 Å². The number of aryl methyl sites for hydroxylation is 1. The first-order valence-corrected chi connectivity index (χ1v) is 9.00. The molecule has 3 rings (SSSR count). The van der Waals surface area contributed by atoms with E-state index in [1.54, 1.807) is 43.6 Å². The van der Waals surface area contributed by atoms with E-state index >= 15 is 0 Å². The van der Waals surface area contributed by atoms with E-state index < -0.39 is 0 Å². The molecule has 0 aliphatic heterocycles. The Bertz CT molecular complexity index is 1030. The van der Waals surface area contributed by atoms with E-state index in [9.17, 15) is 9.59 Å². The van der Waals surface area contributed by atoms with E-state index in [4.69, 9.17) is 4.74 Å². The summed E-state index contributed by atoms with van der Waals surface area (Å²) in [5.41, 5.74) is 4.23. The molecule has 0 aliphatic rings. The van der Waals surface area contributed by atoms with Gasteiger partial charge in [0.2, 0.25) is 5.91 Å². The van der Waals surface area contributed by atoms with Crippen LogP contribution < -0.4 is 20.7 Å². The summed E-state index contributed by atoms with van der Waals surface area (Å²) in [7, 11) is 1.61. The molecule has 0 saturated heterocycles. The number of pyridine rings is 1. The number of amides is 2. The van der Waals surface area contributed by atoms with Gasteiger partial charge in [0.25, 0.3) is 5.91 Å². The van der Waals surface area contributed by atoms with Crippen molar-refractivity contribution in [2.24, 2.45) is 0 Å². The maximum Gasteiger partial charge on any atom is 0.257 e. The lowest BCUT2D eigenvalue weighted by atomic mass is 10.2. The SMILES string of the molecule is COc1ccc(C)cc1Nc1cncc(C(=O)Nc2ccc(NC(C)=O)cc2)c1. The van der Waals surface area contributed by atoms with Crippen LogP contribution in [-0.4, -0.2) is 23.9 Å². The summed E-state index contributed by atoms with van der Waals surface area (Å²) in [5.74, 6) is 0.261. The third-order valence-electron chi connectivity index (χ3n) is 4.10. The van der Waals surface area contributed by atoms with Crippen molar-refractivity contribution in [1.29, 1.82) is 0 Å². The number of benzene rings is 2. The summed E-state index contributed by atoms with van der Waals surface area (Å²) >= 11 is 0. The third-order valence-corrected chi connectivity index (χ3v) is 4.10. The lowest BCUT2D eigenvalue weighted by Gasteiger charge is -2.13. The number of methoxy groups -OCH3 is 1. The van der Waals surface area contributed by atoms with Crippen LogP contribution in [0.3, 0.4) is 0 Å². The van der Waals surface area contributed by atoms with Gasteiger partial charge in [0.15, 0.2) is 0 Å². The summed E-state index contributed by atoms with van der Waals surface area (Å²) in [6.07, 6.45) is 3.14. The van der Waals surface area contributed by atoms with E-state index in [2.05, 4.69) is 20.9 Å². The molecular weight excluding hydrogens is 368 g/mol. The Morgan fingerprint density at radius 1 is 0.897 bits per heavy atom. The molecule has 0 atom stereocenters. The van der Waals surface area contributed by atoms with Crippen molar-refractivity contribution in [3.8, 4) is 5.75 Å². The Hall–Kier alpha value is -3.87. The van der Waals surface area contributed by atoms with Gasteiger partial charge in [0.1, 0.15) is 5.75 Å². The number of anilines is 4. The standard InChI is InChI=1S/C22H22N4O3/c1-14-4-9-21(29-3)20(10-14)25-19-11-16(12-23-13-19)22(28)26-18-7-5-17(6-8-18)24-15(2)27/h4-13,25H,1-3H3,(H,24,27)(H,26,28). The molecule has 7 nitrogen and oxygen atoms in total. The highest BCUT2D eigenvalue weighted by molar-refractivity contribution is 6.04. The van der Waals surface area contributed by atoms with E-state index in [0.717, 1.165) is 11.3 Å². The molecule has 1 aromatic heterocycles. The van der Waals surface area contributed by atoms with E-state index in [-0.39, 0.29) is 11.8 Å². The third kappa shape index (κ3) is 5.32. The second-order valence-electron chi connectivity index (χ2n) is 6.50. The predicted octanol–water partition coefficient (Wildman–Crippen LogP) is 4.35. The second-order valence-corrected chi connectivity index (χ2v) is 6.50. The molecule has 0 aliphatic carbocycles. The molecule has 3 N–H and O–H groups in total. The van der Waals surface area contributed by atoms with Gasteiger partial charge in [-0.05, 0) is 55.0 Å². The predicted molar refractivity (Wildman–Crippen MR) is 114 cm³/mol. The molecule has 3 aromatic rings. The van der Waals surface area contributed by atoms with Gasteiger partial charge in [0.05, 0.1) is 30.2 Å². The zero-order valence-corrected chi connectivity index (χ0v) is 16.4. The number of ether oxygens (including phenoxy) is 1. The average Bonchev–Trinajstić information content (AvgIpc) is 2.69. The number of hydrogen-bond acceptors (Lipinski definition) is 5. The first-order valence-electron chi connectivity index (χ1n) is 9.00. The molecule has 2 aromatic carbocycles.